The minimum absolute atomic E-state index is 0.244. The second kappa shape index (κ2) is 10.5. The first-order valence-corrected chi connectivity index (χ1v) is 11.1. The number of anilines is 1. The van der Waals surface area contributed by atoms with Crippen molar-refractivity contribution in [2.45, 2.75) is 12.5 Å². The lowest BCUT2D eigenvalue weighted by Crippen LogP contribution is -2.22. The summed E-state index contributed by atoms with van der Waals surface area (Å²) in [5, 5.41) is 2.76. The van der Waals surface area contributed by atoms with Crippen LogP contribution in [-0.4, -0.2) is 50.3 Å². The molecule has 0 aromatic heterocycles. The van der Waals surface area contributed by atoms with Crippen molar-refractivity contribution < 1.29 is 23.5 Å². The Balaban J connectivity index is 1.76. The van der Waals surface area contributed by atoms with Crippen molar-refractivity contribution >= 4 is 29.0 Å². The van der Waals surface area contributed by atoms with Crippen molar-refractivity contribution in [3.05, 3.63) is 89.2 Å². The standard InChI is InChI=1S/C27H26FN3O4/c1-31(2)15-17-7-10-20(11-8-17)29-26(18-5-4-6-21(13-18)35-16-24(32)34-3)25-22-12-9-19(28)14-23(22)30-27(25)33/h4-14,25H,15-16H2,1-3H3,(H,30,33). The van der Waals surface area contributed by atoms with Crippen LogP contribution >= 0.6 is 0 Å². The second-order valence-corrected chi connectivity index (χ2v) is 8.45. The van der Waals surface area contributed by atoms with Gasteiger partial charge in [0.15, 0.2) is 6.61 Å². The summed E-state index contributed by atoms with van der Waals surface area (Å²) in [6, 6.07) is 19.0. The van der Waals surface area contributed by atoms with Crippen LogP contribution in [0.2, 0.25) is 0 Å². The molecule has 1 heterocycles. The predicted molar refractivity (Wildman–Crippen MR) is 132 cm³/mol. The van der Waals surface area contributed by atoms with E-state index in [1.807, 2.05) is 44.4 Å². The van der Waals surface area contributed by atoms with Gasteiger partial charge in [0.2, 0.25) is 5.91 Å². The van der Waals surface area contributed by atoms with Crippen molar-refractivity contribution in [1.82, 2.24) is 4.90 Å². The van der Waals surface area contributed by atoms with E-state index >= 15 is 0 Å². The molecule has 1 N–H and O–H groups in total. The first-order valence-electron chi connectivity index (χ1n) is 11.1. The third kappa shape index (κ3) is 5.73. The molecule has 3 aromatic rings. The van der Waals surface area contributed by atoms with Gasteiger partial charge in [0.25, 0.3) is 0 Å². The normalized spacial score (nSPS) is 15.1. The Bertz CT molecular complexity index is 1270. The Morgan fingerprint density at radius 1 is 1.09 bits per heavy atom. The lowest BCUT2D eigenvalue weighted by molar-refractivity contribution is -0.142. The van der Waals surface area contributed by atoms with Crippen molar-refractivity contribution in [2.75, 3.05) is 33.1 Å². The molecule has 7 nitrogen and oxygen atoms in total. The van der Waals surface area contributed by atoms with Crippen LogP contribution in [0.1, 0.15) is 22.6 Å². The molecule has 0 fully saturated rings. The topological polar surface area (TPSA) is 80.2 Å². The predicted octanol–water partition coefficient (Wildman–Crippen LogP) is 4.30. The Hall–Kier alpha value is -4.04. The summed E-state index contributed by atoms with van der Waals surface area (Å²) < 4.78 is 24.0. The van der Waals surface area contributed by atoms with E-state index in [9.17, 15) is 14.0 Å². The number of ether oxygens (including phenoxy) is 2. The quantitative estimate of drug-likeness (QED) is 0.388. The molecule has 1 aliphatic rings. The number of hydrogen-bond donors (Lipinski definition) is 1. The maximum Gasteiger partial charge on any atom is 0.343 e. The van der Waals surface area contributed by atoms with E-state index in [0.717, 1.165) is 12.1 Å². The average Bonchev–Trinajstić information content (AvgIpc) is 3.16. The Morgan fingerprint density at radius 2 is 1.86 bits per heavy atom. The van der Waals surface area contributed by atoms with Crippen LogP contribution in [0.5, 0.6) is 5.75 Å². The highest BCUT2D eigenvalue weighted by Crippen LogP contribution is 2.37. The zero-order valence-corrected chi connectivity index (χ0v) is 19.7. The molecule has 1 amide bonds. The monoisotopic (exact) mass is 475 g/mol. The summed E-state index contributed by atoms with van der Waals surface area (Å²) in [7, 11) is 5.28. The number of nitrogens with zero attached hydrogens (tertiary/aromatic N) is 2. The van der Waals surface area contributed by atoms with Crippen LogP contribution < -0.4 is 10.1 Å². The summed E-state index contributed by atoms with van der Waals surface area (Å²) in [5.74, 6) is -1.55. The van der Waals surface area contributed by atoms with E-state index in [1.54, 1.807) is 24.3 Å². The van der Waals surface area contributed by atoms with Crippen LogP contribution in [0.4, 0.5) is 15.8 Å². The minimum Gasteiger partial charge on any atom is -0.482 e. The van der Waals surface area contributed by atoms with Crippen molar-refractivity contribution in [3.63, 3.8) is 0 Å². The fourth-order valence-corrected chi connectivity index (χ4v) is 3.93. The molecular weight excluding hydrogens is 449 g/mol. The smallest absolute Gasteiger partial charge is 0.343 e. The Morgan fingerprint density at radius 3 is 2.57 bits per heavy atom. The molecule has 4 rings (SSSR count). The molecule has 1 aliphatic heterocycles. The van der Waals surface area contributed by atoms with Gasteiger partial charge in [0.05, 0.1) is 18.5 Å². The summed E-state index contributed by atoms with van der Waals surface area (Å²) in [5.41, 5.74) is 3.99. The molecule has 180 valence electrons. The molecule has 0 aliphatic carbocycles. The van der Waals surface area contributed by atoms with Crippen molar-refractivity contribution in [1.29, 1.82) is 0 Å². The van der Waals surface area contributed by atoms with E-state index < -0.39 is 17.7 Å². The molecule has 0 saturated heterocycles. The van der Waals surface area contributed by atoms with E-state index in [2.05, 4.69) is 15.0 Å². The van der Waals surface area contributed by atoms with Gasteiger partial charge in [-0.15, -0.1) is 0 Å². The van der Waals surface area contributed by atoms with Gasteiger partial charge in [-0.25, -0.2) is 9.18 Å². The molecule has 1 unspecified atom stereocenters. The van der Waals surface area contributed by atoms with Gasteiger partial charge in [-0.05, 0) is 61.6 Å². The van der Waals surface area contributed by atoms with Gasteiger partial charge in [-0.3, -0.25) is 9.79 Å². The molecule has 8 heteroatoms. The SMILES string of the molecule is COC(=O)COc1cccc(C(=Nc2ccc(CN(C)C)cc2)C2C(=O)Nc3cc(F)ccc32)c1. The van der Waals surface area contributed by atoms with Gasteiger partial charge in [-0.1, -0.05) is 30.3 Å². The minimum atomic E-state index is -0.747. The van der Waals surface area contributed by atoms with E-state index in [4.69, 9.17) is 9.73 Å². The van der Waals surface area contributed by atoms with Gasteiger partial charge in [0.1, 0.15) is 17.5 Å². The van der Waals surface area contributed by atoms with Crippen LogP contribution in [-0.2, 0) is 20.9 Å². The third-order valence-corrected chi connectivity index (χ3v) is 5.52. The molecule has 0 bridgehead atoms. The maximum absolute atomic E-state index is 13.8. The molecule has 0 saturated carbocycles. The summed E-state index contributed by atoms with van der Waals surface area (Å²) >= 11 is 0. The van der Waals surface area contributed by atoms with Gasteiger partial charge >= 0.3 is 5.97 Å². The first kappa shape index (κ1) is 24.1. The van der Waals surface area contributed by atoms with Crippen molar-refractivity contribution in [3.8, 4) is 5.75 Å². The highest BCUT2D eigenvalue weighted by atomic mass is 19.1. The van der Waals surface area contributed by atoms with Crippen LogP contribution in [0.25, 0.3) is 0 Å². The number of carbonyl (C=O) groups excluding carboxylic acids is 2. The number of rotatable bonds is 8. The number of halogens is 1. The van der Waals surface area contributed by atoms with E-state index in [1.165, 1.54) is 19.2 Å². The second-order valence-electron chi connectivity index (χ2n) is 8.45. The Kier molecular flexibility index (Phi) is 7.22. The molecule has 1 atom stereocenters. The molecular formula is C27H26FN3O4. The number of carbonyl (C=O) groups is 2. The summed E-state index contributed by atoms with van der Waals surface area (Å²) in [4.78, 5) is 31.5. The number of esters is 1. The zero-order chi connectivity index (χ0) is 24.9. The largest absolute Gasteiger partial charge is 0.482 e. The van der Waals surface area contributed by atoms with Crippen LogP contribution in [0.3, 0.4) is 0 Å². The highest BCUT2D eigenvalue weighted by molar-refractivity contribution is 6.24. The molecule has 0 spiro atoms. The summed E-state index contributed by atoms with van der Waals surface area (Å²) in [6.07, 6.45) is 0. The van der Waals surface area contributed by atoms with Crippen LogP contribution in [0, 0.1) is 5.82 Å². The number of amides is 1. The lowest BCUT2D eigenvalue weighted by Gasteiger charge is -2.15. The van der Waals surface area contributed by atoms with Gasteiger partial charge in [0, 0.05) is 17.8 Å². The first-order chi connectivity index (χ1) is 16.8. The third-order valence-electron chi connectivity index (χ3n) is 5.52. The average molecular weight is 476 g/mol. The number of aliphatic imine (C=N–C) groups is 1. The number of nitrogens with one attached hydrogen (secondary N) is 1. The summed E-state index contributed by atoms with van der Waals surface area (Å²) in [6.45, 7) is 0.548. The number of benzene rings is 3. The van der Waals surface area contributed by atoms with Gasteiger partial charge in [-0.2, -0.15) is 0 Å². The number of methoxy groups -OCH3 is 1. The molecule has 35 heavy (non-hydrogen) atoms. The molecule has 3 aromatic carbocycles. The highest BCUT2D eigenvalue weighted by Gasteiger charge is 2.35. The lowest BCUT2D eigenvalue weighted by atomic mass is 9.90. The maximum atomic E-state index is 13.8. The van der Waals surface area contributed by atoms with E-state index in [-0.39, 0.29) is 12.5 Å². The molecule has 0 radical (unpaired) electrons. The van der Waals surface area contributed by atoms with Crippen LogP contribution in [0.15, 0.2) is 71.7 Å². The fraction of sp³-hybridized carbons (Fsp3) is 0.222. The fourth-order valence-electron chi connectivity index (χ4n) is 3.93. The number of hydrogen-bond acceptors (Lipinski definition) is 6. The van der Waals surface area contributed by atoms with Gasteiger partial charge < -0.3 is 19.7 Å². The number of fused-ring (bicyclic) bond motifs is 1. The Labute approximate surface area is 203 Å². The zero-order valence-electron chi connectivity index (χ0n) is 19.7. The van der Waals surface area contributed by atoms with E-state index in [0.29, 0.717) is 34.0 Å². The van der Waals surface area contributed by atoms with Crippen molar-refractivity contribution in [2.24, 2.45) is 4.99 Å².